The van der Waals surface area contributed by atoms with Crippen molar-refractivity contribution >= 4 is 24.3 Å². The second-order valence-electron chi connectivity index (χ2n) is 7.04. The van der Waals surface area contributed by atoms with Crippen LogP contribution in [-0.2, 0) is 14.0 Å². The summed E-state index contributed by atoms with van der Waals surface area (Å²) in [5.41, 5.74) is -0.389. The minimum Gasteiger partial charge on any atom is -0.398 e. The van der Waals surface area contributed by atoms with E-state index in [4.69, 9.17) is 25.6 Å². The molecule has 1 aromatic rings. The smallest absolute Gasteiger partial charge is 0.398 e. The molecule has 1 aliphatic rings. The summed E-state index contributed by atoms with van der Waals surface area (Å²) in [5.74, 6) is 0. The Morgan fingerprint density at radius 1 is 1.20 bits per heavy atom. The summed E-state index contributed by atoms with van der Waals surface area (Å²) in [4.78, 5) is 0. The van der Waals surface area contributed by atoms with Crippen LogP contribution in [0, 0.1) is 0 Å². The second-order valence-corrected chi connectivity index (χ2v) is 7.47. The first kappa shape index (κ1) is 20.2. The summed E-state index contributed by atoms with van der Waals surface area (Å²) in [7, 11) is -1.03. The molecular weight excluding hydrogens is 341 g/mol. The molecule has 0 amide bonds. The van der Waals surface area contributed by atoms with Gasteiger partial charge in [0, 0.05) is 5.02 Å². The Hall–Kier alpha value is -1.14. The van der Waals surface area contributed by atoms with Crippen molar-refractivity contribution in [3.8, 4) is 0 Å². The molecule has 0 aliphatic carbocycles. The summed E-state index contributed by atoms with van der Waals surface area (Å²) in [6.45, 7) is 12.0. The minimum atomic E-state index is -1.03. The monoisotopic (exact) mass is 366 g/mol. The Morgan fingerprint density at radius 2 is 1.76 bits per heavy atom. The van der Waals surface area contributed by atoms with Gasteiger partial charge >= 0.3 is 7.12 Å². The van der Waals surface area contributed by atoms with E-state index in [9.17, 15) is 0 Å². The van der Waals surface area contributed by atoms with Crippen molar-refractivity contribution in [2.75, 3.05) is 13.2 Å². The predicted molar refractivity (Wildman–Crippen MR) is 101 cm³/mol. The summed E-state index contributed by atoms with van der Waals surface area (Å²) in [6.07, 6.45) is 2.06. The van der Waals surface area contributed by atoms with Crippen LogP contribution in [0.25, 0.3) is 5.57 Å². The van der Waals surface area contributed by atoms with Gasteiger partial charge in [0.05, 0.1) is 24.4 Å². The van der Waals surface area contributed by atoms with E-state index in [1.807, 2.05) is 27.7 Å². The van der Waals surface area contributed by atoms with Crippen molar-refractivity contribution in [3.05, 3.63) is 53.2 Å². The number of hydrogen-bond donors (Lipinski definition) is 0. The first-order chi connectivity index (χ1) is 11.7. The average Bonchev–Trinajstić information content (AvgIpc) is 2.76. The Kier molecular flexibility index (Phi) is 6.49. The Bertz CT molecular complexity index is 625. The van der Waals surface area contributed by atoms with Crippen molar-refractivity contribution in [1.82, 2.24) is 0 Å². The highest BCUT2D eigenvalue weighted by Crippen LogP contribution is 2.40. The van der Waals surface area contributed by atoms with Gasteiger partial charge in [-0.15, -0.1) is 6.58 Å². The highest BCUT2D eigenvalue weighted by molar-refractivity contribution is 6.55. The summed E-state index contributed by atoms with van der Waals surface area (Å²) >= 11 is 5.95. The fraction of sp³-hybridized carbons (Fsp3) is 0.474. The molecule has 3 nitrogen and oxygen atoms in total. The first-order valence-electron chi connectivity index (χ1n) is 8.37. The quantitative estimate of drug-likeness (QED) is 0.375. The molecule has 136 valence electrons. The molecule has 0 N–H and O–H groups in total. The van der Waals surface area contributed by atoms with Crippen molar-refractivity contribution in [3.63, 3.8) is 0 Å². The van der Waals surface area contributed by atoms with Gasteiger partial charge in [-0.05, 0) is 57.4 Å². The number of rotatable bonds is 7. The summed E-state index contributed by atoms with van der Waals surface area (Å²) < 4.78 is 32.4. The summed E-state index contributed by atoms with van der Waals surface area (Å²) in [6, 6.07) is 7.05. The zero-order valence-corrected chi connectivity index (χ0v) is 16.0. The largest absolute Gasteiger partial charge is 0.525 e. The maximum absolute atomic E-state index is 15.3. The maximum atomic E-state index is 15.3. The molecule has 1 heterocycles. The average molecular weight is 367 g/mol. The zero-order chi connectivity index (χ0) is 18.7. The summed E-state index contributed by atoms with van der Waals surface area (Å²) in [5, 5.41) is 0.599. The highest BCUT2D eigenvalue weighted by atomic mass is 35.5. The lowest BCUT2D eigenvalue weighted by Gasteiger charge is -2.32. The number of benzene rings is 1. The van der Waals surface area contributed by atoms with Crippen LogP contribution in [0.3, 0.4) is 0 Å². The third-order valence-electron chi connectivity index (χ3n) is 4.67. The van der Waals surface area contributed by atoms with E-state index >= 15 is 4.39 Å². The molecule has 2 rings (SSSR count). The topological polar surface area (TPSA) is 27.7 Å². The third kappa shape index (κ3) is 4.73. The van der Waals surface area contributed by atoms with Crippen molar-refractivity contribution in [1.29, 1.82) is 0 Å². The Labute approximate surface area is 154 Å². The Morgan fingerprint density at radius 3 is 2.28 bits per heavy atom. The molecule has 0 saturated carbocycles. The lowest BCUT2D eigenvalue weighted by Crippen LogP contribution is -2.41. The van der Waals surface area contributed by atoms with Crippen molar-refractivity contribution in [2.45, 2.75) is 45.3 Å². The molecule has 1 saturated heterocycles. The van der Waals surface area contributed by atoms with Crippen LogP contribution in [0.2, 0.25) is 5.02 Å². The molecule has 1 aromatic carbocycles. The fourth-order valence-corrected chi connectivity index (χ4v) is 2.61. The van der Waals surface area contributed by atoms with Gasteiger partial charge in [-0.1, -0.05) is 29.8 Å². The van der Waals surface area contributed by atoms with E-state index in [1.165, 1.54) is 0 Å². The molecule has 0 aromatic heterocycles. The van der Waals surface area contributed by atoms with Gasteiger partial charge < -0.3 is 14.0 Å². The molecule has 0 unspecified atom stereocenters. The van der Waals surface area contributed by atoms with Crippen LogP contribution in [0.4, 0.5) is 4.39 Å². The SMILES string of the molecule is C=CCOCCC(=C(F)B1OC(C)(C)C(C)(C)O1)c1ccc(Cl)cc1. The number of hydrogen-bond acceptors (Lipinski definition) is 3. The lowest BCUT2D eigenvalue weighted by molar-refractivity contribution is 0.00578. The molecule has 6 heteroatoms. The van der Waals surface area contributed by atoms with E-state index in [0.717, 1.165) is 5.56 Å². The van der Waals surface area contributed by atoms with Crippen LogP contribution in [0.1, 0.15) is 39.7 Å². The molecule has 1 fully saturated rings. The van der Waals surface area contributed by atoms with Crippen molar-refractivity contribution in [2.24, 2.45) is 0 Å². The van der Waals surface area contributed by atoms with Crippen LogP contribution < -0.4 is 0 Å². The van der Waals surface area contributed by atoms with Gasteiger partial charge in [-0.3, -0.25) is 0 Å². The maximum Gasteiger partial charge on any atom is 0.525 e. The van der Waals surface area contributed by atoms with E-state index in [2.05, 4.69) is 6.58 Å². The molecule has 25 heavy (non-hydrogen) atoms. The molecule has 0 spiro atoms. The van der Waals surface area contributed by atoms with Gasteiger partial charge in [0.2, 0.25) is 0 Å². The molecular formula is C19H25BClFO3. The zero-order valence-electron chi connectivity index (χ0n) is 15.3. The molecule has 1 aliphatic heterocycles. The van der Waals surface area contributed by atoms with Gasteiger partial charge in [-0.25, -0.2) is 4.39 Å². The van der Waals surface area contributed by atoms with Crippen LogP contribution in [-0.4, -0.2) is 31.5 Å². The second kappa shape index (κ2) is 8.04. The predicted octanol–water partition coefficient (Wildman–Crippen LogP) is 5.24. The van der Waals surface area contributed by atoms with Crippen LogP contribution in [0.15, 0.2) is 42.6 Å². The van der Waals surface area contributed by atoms with Crippen LogP contribution in [0.5, 0.6) is 0 Å². The minimum absolute atomic E-state index is 0.372. The van der Waals surface area contributed by atoms with Gasteiger partial charge in [-0.2, -0.15) is 0 Å². The standard InChI is InChI=1S/C19H25BClFO3/c1-6-12-23-13-11-16(14-7-9-15(21)10-8-14)17(22)20-24-18(2,3)19(4,5)25-20/h6-10H,1,11-13H2,2-5H3. The molecule has 0 atom stereocenters. The van der Waals surface area contributed by atoms with E-state index in [-0.39, 0.29) is 0 Å². The number of ether oxygens (including phenoxy) is 1. The normalized spacial score (nSPS) is 19.7. The van der Waals surface area contributed by atoms with Gasteiger partial charge in [0.25, 0.3) is 0 Å². The van der Waals surface area contributed by atoms with Crippen molar-refractivity contribution < 1.29 is 18.4 Å². The lowest BCUT2D eigenvalue weighted by atomic mass is 9.82. The van der Waals surface area contributed by atoms with E-state index in [1.54, 1.807) is 30.3 Å². The van der Waals surface area contributed by atoms with E-state index < -0.39 is 24.0 Å². The molecule has 0 bridgehead atoms. The van der Waals surface area contributed by atoms with Gasteiger partial charge in [0.15, 0.2) is 0 Å². The number of halogens is 2. The Balaban J connectivity index is 2.30. The first-order valence-corrected chi connectivity index (χ1v) is 8.74. The van der Waals surface area contributed by atoms with E-state index in [0.29, 0.717) is 30.2 Å². The van der Waals surface area contributed by atoms with Crippen LogP contribution >= 0.6 is 11.6 Å². The fourth-order valence-electron chi connectivity index (χ4n) is 2.48. The van der Waals surface area contributed by atoms with Gasteiger partial charge in [0.1, 0.15) is 5.73 Å². The highest BCUT2D eigenvalue weighted by Gasteiger charge is 2.53. The third-order valence-corrected chi connectivity index (χ3v) is 4.93. The molecule has 0 radical (unpaired) electrons.